The number of hydrogen-bond donors (Lipinski definition) is 0. The van der Waals surface area contributed by atoms with Crippen LogP contribution in [0.25, 0.3) is 11.0 Å². The minimum Gasteiger partial charge on any atom is -0.351 e. The van der Waals surface area contributed by atoms with Gasteiger partial charge in [-0.15, -0.1) is 0 Å². The van der Waals surface area contributed by atoms with Gasteiger partial charge in [0, 0.05) is 44.1 Å². The third-order valence-electron chi connectivity index (χ3n) is 5.56. The van der Waals surface area contributed by atoms with Gasteiger partial charge in [-0.05, 0) is 37.3 Å². The molecule has 1 aliphatic rings. The highest BCUT2D eigenvalue weighted by Crippen LogP contribution is 2.28. The van der Waals surface area contributed by atoms with Crippen molar-refractivity contribution in [1.82, 2.24) is 19.7 Å². The summed E-state index contributed by atoms with van der Waals surface area (Å²) >= 11 is 5.83. The van der Waals surface area contributed by atoms with E-state index in [0.29, 0.717) is 48.6 Å². The Labute approximate surface area is 189 Å². The lowest BCUT2D eigenvalue weighted by atomic mass is 10.1. The quantitative estimate of drug-likeness (QED) is 0.471. The van der Waals surface area contributed by atoms with Crippen LogP contribution in [0.4, 0.5) is 16.0 Å². The van der Waals surface area contributed by atoms with Gasteiger partial charge in [-0.2, -0.15) is 9.78 Å². The topological polar surface area (TPSA) is 67.2 Å². The fourth-order valence-electron chi connectivity index (χ4n) is 3.92. The van der Waals surface area contributed by atoms with Gasteiger partial charge in [0.15, 0.2) is 17.5 Å². The molecule has 7 nitrogen and oxygen atoms in total. The van der Waals surface area contributed by atoms with Gasteiger partial charge >= 0.3 is 0 Å². The van der Waals surface area contributed by atoms with Gasteiger partial charge in [0.1, 0.15) is 11.0 Å². The van der Waals surface area contributed by atoms with E-state index >= 15 is 0 Å². The molecular weight excluding hydrogens is 431 g/mol. The van der Waals surface area contributed by atoms with Crippen LogP contribution in [-0.2, 0) is 0 Å². The molecule has 1 fully saturated rings. The molecule has 0 spiro atoms. The molecule has 0 radical (unpaired) electrons. The Kier molecular flexibility index (Phi) is 5.22. The molecule has 162 valence electrons. The first-order chi connectivity index (χ1) is 15.5. The summed E-state index contributed by atoms with van der Waals surface area (Å²) in [5.41, 5.74) is 2.94. The lowest BCUT2D eigenvalue weighted by Gasteiger charge is -2.36. The number of fused-ring (bicyclic) bond motifs is 1. The molecular formula is C23H20ClFN6O. The van der Waals surface area contributed by atoms with Crippen LogP contribution in [0.15, 0.2) is 54.9 Å². The number of piperazine rings is 1. The summed E-state index contributed by atoms with van der Waals surface area (Å²) in [6.07, 6.45) is 3.14. The normalized spacial score (nSPS) is 14.2. The summed E-state index contributed by atoms with van der Waals surface area (Å²) < 4.78 is 15.8. The molecule has 4 heterocycles. The number of rotatable bonds is 3. The molecule has 32 heavy (non-hydrogen) atoms. The van der Waals surface area contributed by atoms with E-state index in [0.717, 1.165) is 5.56 Å². The number of hydrogen-bond acceptors (Lipinski definition) is 6. The first-order valence-electron chi connectivity index (χ1n) is 10.3. The van der Waals surface area contributed by atoms with Crippen molar-refractivity contribution in [2.24, 2.45) is 0 Å². The molecule has 0 unspecified atom stereocenters. The molecule has 0 amide bonds. The average molecular weight is 451 g/mol. The molecule has 1 aliphatic heterocycles. The molecule has 0 aliphatic carbocycles. The molecule has 5 rings (SSSR count). The second kappa shape index (κ2) is 8.20. The Morgan fingerprint density at radius 3 is 2.47 bits per heavy atom. The molecule has 1 aromatic carbocycles. The molecule has 4 aromatic rings. The molecule has 0 bridgehead atoms. The first-order valence-corrected chi connectivity index (χ1v) is 10.6. The Morgan fingerprint density at radius 1 is 1.03 bits per heavy atom. The Balaban J connectivity index is 1.47. The van der Waals surface area contributed by atoms with Crippen LogP contribution < -0.4 is 9.80 Å². The van der Waals surface area contributed by atoms with E-state index in [1.54, 1.807) is 24.4 Å². The number of nitrogens with zero attached hydrogens (tertiary/aromatic N) is 6. The van der Waals surface area contributed by atoms with Crippen molar-refractivity contribution in [2.75, 3.05) is 36.0 Å². The van der Waals surface area contributed by atoms with Crippen LogP contribution in [0.1, 0.15) is 15.9 Å². The Hall–Kier alpha value is -3.52. The van der Waals surface area contributed by atoms with Crippen LogP contribution >= 0.6 is 11.6 Å². The van der Waals surface area contributed by atoms with E-state index < -0.39 is 5.82 Å². The van der Waals surface area contributed by atoms with Crippen LogP contribution in [-0.4, -0.2) is 51.8 Å². The summed E-state index contributed by atoms with van der Waals surface area (Å²) in [6, 6.07) is 12.3. The zero-order chi connectivity index (χ0) is 22.2. The highest BCUT2D eigenvalue weighted by molar-refractivity contribution is 6.30. The number of aryl methyl sites for hydroxylation is 1. The fraction of sp³-hybridized carbons (Fsp3) is 0.217. The van der Waals surface area contributed by atoms with E-state index in [-0.39, 0.29) is 16.7 Å². The zero-order valence-corrected chi connectivity index (χ0v) is 18.1. The highest BCUT2D eigenvalue weighted by Gasteiger charge is 2.28. The number of aromatic nitrogens is 4. The van der Waals surface area contributed by atoms with Crippen molar-refractivity contribution in [3.05, 3.63) is 76.8 Å². The van der Waals surface area contributed by atoms with Crippen molar-refractivity contribution in [2.45, 2.75) is 6.92 Å². The average Bonchev–Trinajstić information content (AvgIpc) is 3.19. The van der Waals surface area contributed by atoms with Gasteiger partial charge in [0.2, 0.25) is 0 Å². The van der Waals surface area contributed by atoms with E-state index in [4.69, 9.17) is 11.6 Å². The Bertz CT molecular complexity index is 1300. The first kappa shape index (κ1) is 20.4. The fourth-order valence-corrected chi connectivity index (χ4v) is 4.06. The lowest BCUT2D eigenvalue weighted by molar-refractivity contribution is 0.0947. The third kappa shape index (κ3) is 3.67. The van der Waals surface area contributed by atoms with E-state index in [9.17, 15) is 9.18 Å². The predicted octanol–water partition coefficient (Wildman–Crippen LogP) is 3.94. The molecule has 3 aromatic heterocycles. The van der Waals surface area contributed by atoms with E-state index in [1.807, 2.05) is 30.0 Å². The van der Waals surface area contributed by atoms with E-state index in [2.05, 4.69) is 20.0 Å². The maximum atomic E-state index is 14.3. The number of carbonyl (C=O) groups is 1. The number of pyridine rings is 2. The summed E-state index contributed by atoms with van der Waals surface area (Å²) in [6.45, 7) is 4.15. The highest BCUT2D eigenvalue weighted by atomic mass is 35.5. The number of halogens is 2. The standard InChI is InChI=1S/C23H20ClFN6O/c1-15-4-6-16(7-5-15)23(32)31-22(20-19(28-31)3-2-8-26-20)30-11-9-29(10-12-30)21-18(25)13-17(24)14-27-21/h2-8,13-14H,9-12H2,1H3. The van der Waals surface area contributed by atoms with E-state index in [1.165, 1.54) is 16.9 Å². The van der Waals surface area contributed by atoms with Gasteiger partial charge in [0.25, 0.3) is 5.91 Å². The minimum atomic E-state index is -0.447. The zero-order valence-electron chi connectivity index (χ0n) is 17.4. The lowest BCUT2D eigenvalue weighted by Crippen LogP contribution is -2.48. The van der Waals surface area contributed by atoms with Crippen LogP contribution in [0, 0.1) is 12.7 Å². The summed E-state index contributed by atoms with van der Waals surface area (Å²) in [5.74, 6) is 0.264. The van der Waals surface area contributed by atoms with Crippen molar-refractivity contribution >= 4 is 40.2 Å². The van der Waals surface area contributed by atoms with Crippen LogP contribution in [0.5, 0.6) is 0 Å². The number of carbonyl (C=O) groups excluding carboxylic acids is 1. The summed E-state index contributed by atoms with van der Waals surface area (Å²) in [7, 11) is 0. The SMILES string of the molecule is Cc1ccc(C(=O)n2nc3cccnc3c2N2CCN(c3ncc(Cl)cc3F)CC2)cc1. The molecule has 9 heteroatoms. The van der Waals surface area contributed by atoms with Crippen LogP contribution in [0.3, 0.4) is 0 Å². The molecule has 0 N–H and O–H groups in total. The van der Waals surface area contributed by atoms with Gasteiger partial charge in [0.05, 0.1) is 5.02 Å². The van der Waals surface area contributed by atoms with Gasteiger partial charge in [-0.1, -0.05) is 29.3 Å². The van der Waals surface area contributed by atoms with Gasteiger partial charge < -0.3 is 9.80 Å². The summed E-state index contributed by atoms with van der Waals surface area (Å²) in [4.78, 5) is 25.9. The largest absolute Gasteiger partial charge is 0.351 e. The number of anilines is 2. The second-order valence-corrected chi connectivity index (χ2v) is 8.15. The van der Waals surface area contributed by atoms with Crippen molar-refractivity contribution in [1.29, 1.82) is 0 Å². The third-order valence-corrected chi connectivity index (χ3v) is 5.77. The maximum absolute atomic E-state index is 14.3. The van der Waals surface area contributed by atoms with Gasteiger partial charge in [-0.25, -0.2) is 9.37 Å². The summed E-state index contributed by atoms with van der Waals surface area (Å²) in [5, 5.41) is 4.81. The molecule has 0 atom stereocenters. The van der Waals surface area contributed by atoms with Crippen molar-refractivity contribution in [3.63, 3.8) is 0 Å². The van der Waals surface area contributed by atoms with Crippen LogP contribution in [0.2, 0.25) is 5.02 Å². The second-order valence-electron chi connectivity index (χ2n) is 7.71. The number of benzene rings is 1. The maximum Gasteiger partial charge on any atom is 0.280 e. The monoisotopic (exact) mass is 450 g/mol. The van der Waals surface area contributed by atoms with Crippen molar-refractivity contribution in [3.8, 4) is 0 Å². The predicted molar refractivity (Wildman–Crippen MR) is 122 cm³/mol. The van der Waals surface area contributed by atoms with Crippen molar-refractivity contribution < 1.29 is 9.18 Å². The minimum absolute atomic E-state index is 0.217. The Morgan fingerprint density at radius 2 is 1.75 bits per heavy atom. The smallest absolute Gasteiger partial charge is 0.280 e. The molecule has 1 saturated heterocycles. The molecule has 0 saturated carbocycles. The van der Waals surface area contributed by atoms with Gasteiger partial charge in [-0.3, -0.25) is 9.78 Å².